The minimum Gasteiger partial charge on any atom is -0.388 e. The summed E-state index contributed by atoms with van der Waals surface area (Å²) in [5, 5.41) is 24.9. The van der Waals surface area contributed by atoms with E-state index in [2.05, 4.69) is 17.3 Å². The molecule has 3 aliphatic rings. The second kappa shape index (κ2) is 9.21. The number of likely N-dealkylation sites (tertiary alicyclic amines) is 2. The van der Waals surface area contributed by atoms with Crippen molar-refractivity contribution in [2.75, 3.05) is 46.3 Å². The van der Waals surface area contributed by atoms with Crippen LogP contribution in [0.4, 0.5) is 0 Å². The Morgan fingerprint density at radius 3 is 2.41 bits per heavy atom. The van der Waals surface area contributed by atoms with Crippen LogP contribution in [0.5, 0.6) is 0 Å². The van der Waals surface area contributed by atoms with Gasteiger partial charge >= 0.3 is 0 Å². The fraction of sp³-hybridized carbons (Fsp3) is 0.952. The van der Waals surface area contributed by atoms with Crippen molar-refractivity contribution in [1.29, 1.82) is 0 Å². The van der Waals surface area contributed by atoms with Crippen molar-refractivity contribution in [2.45, 2.75) is 75.4 Å². The number of piperidine rings is 2. The van der Waals surface area contributed by atoms with E-state index in [9.17, 15) is 15.0 Å². The molecule has 0 spiro atoms. The Balaban J connectivity index is 1.45. The molecule has 1 saturated carbocycles. The molecular weight excluding hydrogens is 342 g/mol. The maximum atomic E-state index is 12.9. The van der Waals surface area contributed by atoms with Gasteiger partial charge in [-0.15, -0.1) is 0 Å². The lowest BCUT2D eigenvalue weighted by Gasteiger charge is -2.40. The summed E-state index contributed by atoms with van der Waals surface area (Å²) < 4.78 is 0. The zero-order chi connectivity index (χ0) is 19.3. The molecule has 1 unspecified atom stereocenters. The highest BCUT2D eigenvalue weighted by Crippen LogP contribution is 2.28. The lowest BCUT2D eigenvalue weighted by atomic mass is 9.86. The van der Waals surface area contributed by atoms with E-state index in [1.54, 1.807) is 0 Å². The minimum absolute atomic E-state index is 0.118. The van der Waals surface area contributed by atoms with Crippen molar-refractivity contribution < 1.29 is 15.0 Å². The normalized spacial score (nSPS) is 30.6. The number of rotatable bonds is 7. The summed E-state index contributed by atoms with van der Waals surface area (Å²) in [4.78, 5) is 17.0. The van der Waals surface area contributed by atoms with Crippen molar-refractivity contribution in [3.05, 3.63) is 0 Å². The molecule has 0 bridgehead atoms. The first-order valence-corrected chi connectivity index (χ1v) is 11.0. The van der Waals surface area contributed by atoms with Crippen LogP contribution in [0.25, 0.3) is 0 Å². The van der Waals surface area contributed by atoms with E-state index < -0.39 is 11.2 Å². The third-order valence-electron chi connectivity index (χ3n) is 7.02. The smallest absolute Gasteiger partial charge is 0.255 e. The van der Waals surface area contributed by atoms with Crippen molar-refractivity contribution >= 4 is 5.91 Å². The van der Waals surface area contributed by atoms with Crippen molar-refractivity contribution in [3.8, 4) is 0 Å². The molecule has 3 N–H and O–H groups in total. The lowest BCUT2D eigenvalue weighted by Crippen LogP contribution is -2.59. The number of amides is 1. The molecule has 0 aromatic rings. The predicted octanol–water partition coefficient (Wildman–Crippen LogP) is 1.36. The molecule has 6 nitrogen and oxygen atoms in total. The SMILES string of the molecule is CN1CCC(O)(CNCC2(O)CCCN(CCC3CCCCC3)C2=O)CC1. The predicted molar refractivity (Wildman–Crippen MR) is 107 cm³/mol. The summed E-state index contributed by atoms with van der Waals surface area (Å²) >= 11 is 0. The first-order valence-electron chi connectivity index (χ1n) is 11.0. The van der Waals surface area contributed by atoms with Gasteiger partial charge < -0.3 is 25.3 Å². The van der Waals surface area contributed by atoms with Gasteiger partial charge in [0.25, 0.3) is 5.91 Å². The van der Waals surface area contributed by atoms with Crippen molar-refractivity contribution in [3.63, 3.8) is 0 Å². The number of carbonyl (C=O) groups is 1. The maximum absolute atomic E-state index is 12.9. The molecule has 6 heteroatoms. The van der Waals surface area contributed by atoms with E-state index in [0.717, 1.165) is 57.8 Å². The molecule has 27 heavy (non-hydrogen) atoms. The van der Waals surface area contributed by atoms with Gasteiger partial charge in [-0.2, -0.15) is 0 Å². The van der Waals surface area contributed by atoms with E-state index in [-0.39, 0.29) is 12.5 Å². The number of hydrogen-bond donors (Lipinski definition) is 3. The van der Waals surface area contributed by atoms with Gasteiger partial charge in [0, 0.05) is 39.3 Å². The first kappa shape index (κ1) is 21.0. The Morgan fingerprint density at radius 2 is 1.70 bits per heavy atom. The number of aliphatic hydroxyl groups is 2. The highest BCUT2D eigenvalue weighted by Gasteiger charge is 2.42. The van der Waals surface area contributed by atoms with E-state index in [1.807, 2.05) is 4.90 Å². The number of nitrogens with one attached hydrogen (secondary N) is 1. The largest absolute Gasteiger partial charge is 0.388 e. The maximum Gasteiger partial charge on any atom is 0.255 e. The Morgan fingerprint density at radius 1 is 1.00 bits per heavy atom. The molecule has 2 heterocycles. The Bertz CT molecular complexity index is 487. The Hall–Kier alpha value is -0.690. The summed E-state index contributed by atoms with van der Waals surface area (Å²) in [6.45, 7) is 4.00. The van der Waals surface area contributed by atoms with Crippen molar-refractivity contribution in [2.24, 2.45) is 5.92 Å². The molecule has 1 amide bonds. The van der Waals surface area contributed by atoms with Gasteiger partial charge in [-0.3, -0.25) is 4.79 Å². The average molecular weight is 382 g/mol. The summed E-state index contributed by atoms with van der Waals surface area (Å²) in [6.07, 6.45) is 10.5. The van der Waals surface area contributed by atoms with Gasteiger partial charge in [0.05, 0.1) is 5.60 Å². The molecule has 3 fully saturated rings. The van der Waals surface area contributed by atoms with Crippen molar-refractivity contribution in [1.82, 2.24) is 15.1 Å². The van der Waals surface area contributed by atoms with Gasteiger partial charge in [0.2, 0.25) is 0 Å². The average Bonchev–Trinajstić information content (AvgIpc) is 2.67. The van der Waals surface area contributed by atoms with Gasteiger partial charge in [-0.1, -0.05) is 32.1 Å². The fourth-order valence-corrected chi connectivity index (χ4v) is 4.97. The third kappa shape index (κ3) is 5.66. The molecule has 2 aliphatic heterocycles. The molecule has 3 rings (SSSR count). The quantitative estimate of drug-likeness (QED) is 0.621. The number of nitrogens with zero attached hydrogens (tertiary/aromatic N) is 2. The molecule has 1 atom stereocenters. The van der Waals surface area contributed by atoms with Crippen LogP contribution in [-0.4, -0.2) is 83.4 Å². The van der Waals surface area contributed by atoms with Gasteiger partial charge in [0.15, 0.2) is 5.60 Å². The van der Waals surface area contributed by atoms with E-state index in [1.165, 1.54) is 32.1 Å². The minimum atomic E-state index is -1.31. The molecule has 0 aromatic heterocycles. The van der Waals surface area contributed by atoms with Crippen LogP contribution in [-0.2, 0) is 4.79 Å². The summed E-state index contributed by atoms with van der Waals surface area (Å²) in [5.41, 5.74) is -2.03. The van der Waals surface area contributed by atoms with Crippen LogP contribution in [0.3, 0.4) is 0 Å². The van der Waals surface area contributed by atoms with Crippen LogP contribution in [0.15, 0.2) is 0 Å². The second-order valence-corrected chi connectivity index (χ2v) is 9.35. The third-order valence-corrected chi connectivity index (χ3v) is 7.02. The highest BCUT2D eigenvalue weighted by molar-refractivity contribution is 5.86. The first-order chi connectivity index (χ1) is 12.9. The summed E-state index contributed by atoms with van der Waals surface area (Å²) in [5.74, 6) is 0.630. The highest BCUT2D eigenvalue weighted by atomic mass is 16.3. The number of hydrogen-bond acceptors (Lipinski definition) is 5. The van der Waals surface area contributed by atoms with Crippen LogP contribution in [0.2, 0.25) is 0 Å². The van der Waals surface area contributed by atoms with Crippen LogP contribution < -0.4 is 5.32 Å². The molecule has 0 aromatic carbocycles. The lowest BCUT2D eigenvalue weighted by molar-refractivity contribution is -0.157. The summed E-state index contributed by atoms with van der Waals surface area (Å²) in [6, 6.07) is 0. The zero-order valence-electron chi connectivity index (χ0n) is 17.1. The molecule has 156 valence electrons. The van der Waals surface area contributed by atoms with Gasteiger partial charge in [-0.25, -0.2) is 0 Å². The van der Waals surface area contributed by atoms with Gasteiger partial charge in [0.1, 0.15) is 0 Å². The Labute approximate surface area is 164 Å². The monoisotopic (exact) mass is 381 g/mol. The van der Waals surface area contributed by atoms with E-state index in [0.29, 0.717) is 13.0 Å². The second-order valence-electron chi connectivity index (χ2n) is 9.35. The fourth-order valence-electron chi connectivity index (χ4n) is 4.97. The van der Waals surface area contributed by atoms with E-state index >= 15 is 0 Å². The van der Waals surface area contributed by atoms with Crippen LogP contribution in [0.1, 0.15) is 64.2 Å². The molecule has 0 radical (unpaired) electrons. The summed E-state index contributed by atoms with van der Waals surface area (Å²) in [7, 11) is 2.07. The zero-order valence-corrected chi connectivity index (χ0v) is 17.1. The van der Waals surface area contributed by atoms with Crippen LogP contribution >= 0.6 is 0 Å². The standard InChI is InChI=1S/C21H39N3O3/c1-23-14-10-20(26,11-15-23)16-22-17-21(27)9-5-12-24(19(21)25)13-8-18-6-3-2-4-7-18/h18,22,26-27H,2-17H2,1H3. The Kier molecular flexibility index (Phi) is 7.17. The molecular formula is C21H39N3O3. The van der Waals surface area contributed by atoms with Gasteiger partial charge in [-0.05, 0) is 45.1 Å². The number of carbonyl (C=O) groups excluding carboxylic acids is 1. The van der Waals surface area contributed by atoms with E-state index in [4.69, 9.17) is 0 Å². The molecule has 1 aliphatic carbocycles. The topological polar surface area (TPSA) is 76.0 Å². The van der Waals surface area contributed by atoms with Crippen LogP contribution in [0, 0.1) is 5.92 Å². The molecule has 2 saturated heterocycles.